The predicted octanol–water partition coefficient (Wildman–Crippen LogP) is 6.29. The molecule has 0 spiro atoms. The summed E-state index contributed by atoms with van der Waals surface area (Å²) in [7, 11) is 0. The second-order valence-electron chi connectivity index (χ2n) is 10.9. The van der Waals surface area contributed by atoms with Gasteiger partial charge < -0.3 is 11.2 Å². The first-order valence-corrected chi connectivity index (χ1v) is 13.1. The van der Waals surface area contributed by atoms with Crippen molar-refractivity contribution in [1.29, 1.82) is 0 Å². The monoisotopic (exact) mass is 477 g/mol. The lowest BCUT2D eigenvalue weighted by molar-refractivity contribution is -0.383. The van der Waals surface area contributed by atoms with Crippen LogP contribution in [-0.2, 0) is 6.42 Å². The third-order valence-corrected chi connectivity index (χ3v) is 10.6. The lowest BCUT2D eigenvalue weighted by Gasteiger charge is -2.56. The molecule has 0 saturated heterocycles. The first-order valence-electron chi connectivity index (χ1n) is 12.3. The Morgan fingerprint density at radius 1 is 1.18 bits per heavy atom. The quantitative estimate of drug-likeness (QED) is 0.307. The van der Waals surface area contributed by atoms with E-state index in [0.717, 1.165) is 36.5 Å². The van der Waals surface area contributed by atoms with E-state index in [1.807, 2.05) is 6.07 Å². The average Bonchev–Trinajstić information content (AvgIpc) is 3.38. The van der Waals surface area contributed by atoms with Crippen molar-refractivity contribution in [2.75, 3.05) is 5.32 Å². The summed E-state index contributed by atoms with van der Waals surface area (Å²) in [5.74, 6) is 7.82. The highest BCUT2D eigenvalue weighted by molar-refractivity contribution is 7.16. The first kappa shape index (κ1) is 21.8. The molecule has 0 unspecified atom stereocenters. The van der Waals surface area contributed by atoms with Crippen LogP contribution in [0.3, 0.4) is 0 Å². The lowest BCUT2D eigenvalue weighted by atomic mass is 9.48. The summed E-state index contributed by atoms with van der Waals surface area (Å²) >= 11 is 1.65. The van der Waals surface area contributed by atoms with Gasteiger partial charge in [-0.05, 0) is 79.8 Å². The Kier molecular flexibility index (Phi) is 4.89. The van der Waals surface area contributed by atoms with Crippen LogP contribution >= 0.6 is 11.3 Å². The number of nitrogens with zero attached hydrogens (tertiary/aromatic N) is 3. The van der Waals surface area contributed by atoms with E-state index in [1.165, 1.54) is 41.5 Å². The SMILES string of the molecule is C[C@]12CCc3nc(Nc4ccccc4[N+](=O)[O-])sc3C1=CC[C@@H]1[C@@H]2CC[C@]2(C)/C(=N/N)CC[C@@H]12. The van der Waals surface area contributed by atoms with Crippen LogP contribution in [0.4, 0.5) is 16.5 Å². The molecule has 4 aliphatic carbocycles. The highest BCUT2D eigenvalue weighted by atomic mass is 32.1. The smallest absolute Gasteiger partial charge is 0.292 e. The fourth-order valence-electron chi connectivity index (χ4n) is 7.78. The van der Waals surface area contributed by atoms with Gasteiger partial charge in [0.15, 0.2) is 5.13 Å². The number of thiazole rings is 1. The number of aryl methyl sites for hydroxylation is 1. The Bertz CT molecular complexity index is 1240. The van der Waals surface area contributed by atoms with E-state index in [9.17, 15) is 10.1 Å². The van der Waals surface area contributed by atoms with Crippen LogP contribution in [0.5, 0.6) is 0 Å². The first-order chi connectivity index (χ1) is 16.3. The number of nitrogens with one attached hydrogen (secondary N) is 1. The molecule has 2 fully saturated rings. The molecule has 7 nitrogen and oxygen atoms in total. The van der Waals surface area contributed by atoms with E-state index in [1.54, 1.807) is 23.5 Å². The molecule has 3 N–H and O–H groups in total. The van der Waals surface area contributed by atoms with Gasteiger partial charge in [0.2, 0.25) is 0 Å². The largest absolute Gasteiger partial charge is 0.326 e. The minimum atomic E-state index is -0.350. The molecule has 0 amide bonds. The van der Waals surface area contributed by atoms with E-state index in [2.05, 4.69) is 30.3 Å². The summed E-state index contributed by atoms with van der Waals surface area (Å²) in [5.41, 5.74) is 4.71. The van der Waals surface area contributed by atoms with E-state index in [-0.39, 0.29) is 21.4 Å². The zero-order valence-electron chi connectivity index (χ0n) is 19.7. The van der Waals surface area contributed by atoms with Crippen LogP contribution in [0.1, 0.15) is 62.9 Å². The fourth-order valence-corrected chi connectivity index (χ4v) is 8.99. The van der Waals surface area contributed by atoms with E-state index in [0.29, 0.717) is 23.4 Å². The second kappa shape index (κ2) is 7.63. The number of anilines is 2. The number of aromatic nitrogens is 1. The van der Waals surface area contributed by atoms with Gasteiger partial charge in [-0.3, -0.25) is 10.1 Å². The predicted molar refractivity (Wildman–Crippen MR) is 136 cm³/mol. The van der Waals surface area contributed by atoms with Crippen molar-refractivity contribution in [1.82, 2.24) is 4.98 Å². The van der Waals surface area contributed by atoms with Crippen molar-refractivity contribution < 1.29 is 4.92 Å². The van der Waals surface area contributed by atoms with E-state index < -0.39 is 0 Å². The molecule has 5 atom stereocenters. The van der Waals surface area contributed by atoms with Crippen molar-refractivity contribution >= 4 is 39.1 Å². The molecule has 178 valence electrons. The minimum absolute atomic E-state index is 0.0717. The maximum absolute atomic E-state index is 11.4. The fraction of sp³-hybridized carbons (Fsp3) is 0.538. The van der Waals surface area contributed by atoms with Gasteiger partial charge in [-0.15, -0.1) is 0 Å². The van der Waals surface area contributed by atoms with Crippen LogP contribution in [0, 0.1) is 38.7 Å². The molecule has 4 aliphatic rings. The number of hydrazone groups is 1. The number of nitro benzene ring substituents is 1. The van der Waals surface area contributed by atoms with Crippen LogP contribution in [-0.4, -0.2) is 15.6 Å². The van der Waals surface area contributed by atoms with Crippen molar-refractivity contribution in [3.63, 3.8) is 0 Å². The Labute approximate surface area is 203 Å². The normalized spacial score (nSPS) is 35.1. The summed E-state index contributed by atoms with van der Waals surface area (Å²) in [5, 5.41) is 19.6. The molecule has 0 aliphatic heterocycles. The third-order valence-electron chi connectivity index (χ3n) is 9.53. The number of rotatable bonds is 3. The average molecular weight is 478 g/mol. The summed E-state index contributed by atoms with van der Waals surface area (Å²) in [6, 6.07) is 6.76. The molecule has 34 heavy (non-hydrogen) atoms. The number of allylic oxidation sites excluding steroid dienone is 2. The summed E-state index contributed by atoms with van der Waals surface area (Å²) < 4.78 is 0. The van der Waals surface area contributed by atoms with Crippen LogP contribution < -0.4 is 11.2 Å². The number of para-hydroxylation sites is 2. The zero-order chi connectivity index (χ0) is 23.7. The molecule has 2 saturated carbocycles. The zero-order valence-corrected chi connectivity index (χ0v) is 20.5. The van der Waals surface area contributed by atoms with Gasteiger partial charge in [-0.1, -0.05) is 43.4 Å². The third kappa shape index (κ3) is 3.00. The number of benzene rings is 1. The van der Waals surface area contributed by atoms with Crippen molar-refractivity contribution in [2.24, 2.45) is 39.5 Å². The molecule has 6 rings (SSSR count). The minimum Gasteiger partial charge on any atom is -0.326 e. The molecule has 1 aromatic heterocycles. The second-order valence-corrected chi connectivity index (χ2v) is 11.9. The molecular formula is C26H31N5O2S. The number of nitrogens with two attached hydrogens (primary N) is 1. The van der Waals surface area contributed by atoms with E-state index >= 15 is 0 Å². The van der Waals surface area contributed by atoms with Crippen molar-refractivity contribution in [3.05, 3.63) is 51.0 Å². The highest BCUT2D eigenvalue weighted by Gasteiger charge is 2.58. The molecule has 0 radical (unpaired) electrons. The number of fused-ring (bicyclic) bond motifs is 7. The topological polar surface area (TPSA) is 106 Å². The van der Waals surface area contributed by atoms with Gasteiger partial charge in [0, 0.05) is 17.2 Å². The number of hydrogen-bond acceptors (Lipinski definition) is 7. The van der Waals surface area contributed by atoms with Crippen LogP contribution in [0.15, 0.2) is 35.4 Å². The van der Waals surface area contributed by atoms with Crippen molar-refractivity contribution in [3.8, 4) is 0 Å². The molecule has 2 aromatic rings. The molecule has 1 heterocycles. The number of nitro groups is 1. The van der Waals surface area contributed by atoms with E-state index in [4.69, 9.17) is 10.8 Å². The van der Waals surface area contributed by atoms with Gasteiger partial charge in [0.1, 0.15) is 5.69 Å². The standard InChI is InChI=1S/C26H31N5O2S/c1-25-14-12-20-23(34-24(29-20)28-19-5-3-4-6-21(19)31(32)33)18(25)8-7-15-16-9-10-22(30-27)26(16,2)13-11-17(15)25/h3-6,8,15-17H,7,9-14,27H2,1-2H3,(H,28,29)/b30-22+/t15-,16-,17-,25+,26-/m0/s1. The molecule has 8 heteroatoms. The lowest BCUT2D eigenvalue weighted by Crippen LogP contribution is -2.49. The Morgan fingerprint density at radius 2 is 1.97 bits per heavy atom. The number of hydrogen-bond donors (Lipinski definition) is 2. The Morgan fingerprint density at radius 3 is 2.76 bits per heavy atom. The Hall–Kier alpha value is -2.74. The maximum Gasteiger partial charge on any atom is 0.292 e. The van der Waals surface area contributed by atoms with Gasteiger partial charge in [-0.25, -0.2) is 4.98 Å². The van der Waals surface area contributed by atoms with Crippen molar-refractivity contribution in [2.45, 2.75) is 58.8 Å². The van der Waals surface area contributed by atoms with Gasteiger partial charge in [-0.2, -0.15) is 5.10 Å². The Balaban J connectivity index is 1.33. The molecule has 1 aromatic carbocycles. The molecular weight excluding hydrogens is 446 g/mol. The van der Waals surface area contributed by atoms with Gasteiger partial charge in [0.05, 0.1) is 15.5 Å². The van der Waals surface area contributed by atoms with Gasteiger partial charge in [0.25, 0.3) is 5.69 Å². The maximum atomic E-state index is 11.4. The molecule has 0 bridgehead atoms. The summed E-state index contributed by atoms with van der Waals surface area (Å²) in [6.45, 7) is 4.88. The summed E-state index contributed by atoms with van der Waals surface area (Å²) in [6.07, 6.45) is 10.3. The van der Waals surface area contributed by atoms with Crippen LogP contribution in [0.25, 0.3) is 5.57 Å². The highest BCUT2D eigenvalue weighted by Crippen LogP contribution is 2.65. The summed E-state index contributed by atoms with van der Waals surface area (Å²) in [4.78, 5) is 17.2. The van der Waals surface area contributed by atoms with Gasteiger partial charge >= 0.3 is 0 Å². The van der Waals surface area contributed by atoms with Crippen LogP contribution in [0.2, 0.25) is 0 Å².